The summed E-state index contributed by atoms with van der Waals surface area (Å²) >= 11 is 0. The highest BCUT2D eigenvalue weighted by molar-refractivity contribution is 6.15. The van der Waals surface area contributed by atoms with Crippen LogP contribution >= 0.6 is 0 Å². The van der Waals surface area contributed by atoms with Crippen molar-refractivity contribution in [2.75, 3.05) is 0 Å². The van der Waals surface area contributed by atoms with Crippen LogP contribution in [0.5, 0.6) is 0 Å². The molecule has 0 amide bonds. The number of H-pyrrole nitrogens is 2. The molecule has 8 bridgehead atoms. The maximum atomic E-state index is 9.62. The van der Waals surface area contributed by atoms with Gasteiger partial charge in [0.25, 0.3) is 0 Å². The third-order valence-electron chi connectivity index (χ3n) is 4.04. The van der Waals surface area contributed by atoms with Gasteiger partial charge in [-0.15, -0.1) is 0 Å². The molecule has 132 valence electrons. The number of aromatic nitrogens is 4. The Morgan fingerprint density at radius 1 is 0.556 bits per heavy atom. The van der Waals surface area contributed by atoms with Crippen molar-refractivity contribution in [2.45, 2.75) is 0 Å². The molecule has 0 aliphatic carbocycles. The average molecular weight is 360 g/mol. The fourth-order valence-electron chi connectivity index (χ4n) is 2.94. The highest BCUT2D eigenvalue weighted by atomic mass is 19.2. The van der Waals surface area contributed by atoms with Gasteiger partial charge in [-0.1, -0.05) is 0 Å². The Morgan fingerprint density at radius 3 is 1.07 bits per heavy atom. The Hall–Kier alpha value is -3.48. The molecule has 0 fully saturated rings. The monoisotopic (exact) mass is 360 g/mol. The molecule has 0 radical (unpaired) electrons. The van der Waals surface area contributed by atoms with E-state index in [-0.39, 0.29) is 0 Å². The molecule has 0 unspecified atom stereocenters. The van der Waals surface area contributed by atoms with Gasteiger partial charge in [0.15, 0.2) is 0 Å². The zero-order valence-corrected chi connectivity index (χ0v) is 14.3. The van der Waals surface area contributed by atoms with E-state index >= 15 is 0 Å². The first kappa shape index (κ1) is 17.0. The van der Waals surface area contributed by atoms with E-state index in [2.05, 4.69) is 44.2 Å². The number of aromatic amines is 2. The van der Waals surface area contributed by atoms with Crippen molar-refractivity contribution < 1.29 is 8.63 Å². The minimum Gasteiger partial charge on any atom is -0.355 e. The predicted octanol–water partition coefficient (Wildman–Crippen LogP) is 4.85. The number of hydrogen-bond acceptors (Lipinski definition) is 2. The van der Waals surface area contributed by atoms with Crippen LogP contribution in [0.2, 0.25) is 0 Å². The summed E-state index contributed by atoms with van der Waals surface area (Å²) in [5.41, 5.74) is 7.86. The lowest BCUT2D eigenvalue weighted by Gasteiger charge is -1.85. The number of rotatable bonds is 0. The first-order chi connectivity index (χ1) is 13.2. The Kier molecular flexibility index (Phi) is 4.66. The molecule has 27 heavy (non-hydrogen) atoms. The van der Waals surface area contributed by atoms with E-state index in [0.717, 1.165) is 44.8 Å². The van der Waals surface area contributed by atoms with E-state index in [0.29, 0.717) is 0 Å². The Labute approximate surface area is 154 Å². The van der Waals surface area contributed by atoms with Gasteiger partial charge in [0.1, 0.15) is 0 Å². The summed E-state index contributed by atoms with van der Waals surface area (Å²) in [6.45, 7) is 0. The molecule has 4 nitrogen and oxygen atoms in total. The van der Waals surface area contributed by atoms with Crippen LogP contribution in [0.4, 0.5) is 8.63 Å². The van der Waals surface area contributed by atoms with Crippen LogP contribution in [0.1, 0.15) is 22.8 Å². The minimum atomic E-state index is -1.75. The van der Waals surface area contributed by atoms with E-state index in [1.165, 1.54) is 0 Å². The average Bonchev–Trinajstić information content (AvgIpc) is 3.41. The fraction of sp³-hybridized carbons (Fsp3) is 0. The maximum Gasteiger partial charge on any atom is 0.521 e. The molecule has 0 saturated carbocycles. The highest BCUT2D eigenvalue weighted by Crippen LogP contribution is 2.16. The summed E-state index contributed by atoms with van der Waals surface area (Å²) in [4.78, 5) is 16.0. The zero-order chi connectivity index (χ0) is 18.6. The van der Waals surface area contributed by atoms with Gasteiger partial charge in [-0.2, -0.15) is 0 Å². The molecule has 5 rings (SSSR count). The van der Waals surface area contributed by atoms with Crippen molar-refractivity contribution in [3.8, 4) is 0 Å². The maximum absolute atomic E-state index is 9.62. The highest BCUT2D eigenvalue weighted by Gasteiger charge is 2.01. The second-order valence-electron chi connectivity index (χ2n) is 6.01. The minimum absolute atomic E-state index is 0.939. The third kappa shape index (κ3) is 4.03. The van der Waals surface area contributed by atoms with Gasteiger partial charge in [-0.3, -0.25) is 8.63 Å². The van der Waals surface area contributed by atoms with E-state index < -0.39 is 7.83 Å². The van der Waals surface area contributed by atoms with Crippen molar-refractivity contribution >= 4 is 54.2 Å². The molecule has 0 atom stereocenters. The van der Waals surface area contributed by atoms with Gasteiger partial charge < -0.3 is 9.97 Å². The number of nitrogens with one attached hydrogen (secondary N) is 2. The molecule has 7 heteroatoms. The molecule has 0 saturated heterocycles. The van der Waals surface area contributed by atoms with Crippen LogP contribution in [0.3, 0.4) is 0 Å². The summed E-state index contributed by atoms with van der Waals surface area (Å²) in [5.74, 6) is 0. The summed E-state index contributed by atoms with van der Waals surface area (Å²) in [6, 6.07) is 16.4. The topological polar surface area (TPSA) is 57.4 Å². The van der Waals surface area contributed by atoms with Crippen molar-refractivity contribution in [1.82, 2.24) is 19.9 Å². The van der Waals surface area contributed by atoms with Gasteiger partial charge in [-0.05, 0) is 72.8 Å². The van der Waals surface area contributed by atoms with Gasteiger partial charge >= 0.3 is 7.83 Å². The SMILES string of the molecule is C1=Cc2cc3ccc(cc4nc(cc5ccc(cc1n2)[nH]5)C=C4)[nH]3.FBF. The summed E-state index contributed by atoms with van der Waals surface area (Å²) in [7, 11) is -1.75. The second-order valence-corrected chi connectivity index (χ2v) is 6.01. The van der Waals surface area contributed by atoms with Crippen molar-refractivity contribution in [3.63, 3.8) is 0 Å². The number of nitrogens with zero attached hydrogens (tertiary/aromatic N) is 2. The van der Waals surface area contributed by atoms with Gasteiger partial charge in [-0.25, -0.2) is 9.97 Å². The number of hydrogen-bond donors (Lipinski definition) is 2. The summed E-state index contributed by atoms with van der Waals surface area (Å²) in [6.07, 6.45) is 8.09. The van der Waals surface area contributed by atoms with Crippen LogP contribution in [0, 0.1) is 0 Å². The lowest BCUT2D eigenvalue weighted by Crippen LogP contribution is -1.75. The quantitative estimate of drug-likeness (QED) is 0.388. The Bertz CT molecular complexity index is 1020. The molecule has 2 N–H and O–H groups in total. The van der Waals surface area contributed by atoms with Crippen LogP contribution in [-0.4, -0.2) is 27.8 Å². The lowest BCUT2D eigenvalue weighted by atomic mass is 10.3. The van der Waals surface area contributed by atoms with Crippen LogP contribution < -0.4 is 0 Å². The molecular weight excluding hydrogens is 345 g/mol. The molecule has 5 heterocycles. The van der Waals surface area contributed by atoms with Crippen molar-refractivity contribution in [2.24, 2.45) is 0 Å². The summed E-state index contributed by atoms with van der Waals surface area (Å²) in [5, 5.41) is 0. The third-order valence-corrected chi connectivity index (χ3v) is 4.04. The van der Waals surface area contributed by atoms with E-state index in [4.69, 9.17) is 0 Å². The van der Waals surface area contributed by atoms with Crippen molar-refractivity contribution in [1.29, 1.82) is 0 Å². The van der Waals surface area contributed by atoms with Crippen LogP contribution in [0.15, 0.2) is 48.5 Å². The van der Waals surface area contributed by atoms with Crippen LogP contribution in [0.25, 0.3) is 46.4 Å². The largest absolute Gasteiger partial charge is 0.521 e. The predicted molar refractivity (Wildman–Crippen MR) is 108 cm³/mol. The van der Waals surface area contributed by atoms with Gasteiger partial charge in [0.05, 0.1) is 22.8 Å². The second kappa shape index (κ2) is 7.41. The standard InChI is InChI=1S/C20H14N4.BF2H/c1-2-14-10-16-5-6-18(23-16)12-20-8-7-19(24-20)11-17-4-3-15(22-17)9-13(1)21-14;2-1-3/h1-12,21,24H;1H. The molecule has 3 aromatic rings. The first-order valence-corrected chi connectivity index (χ1v) is 8.38. The van der Waals surface area contributed by atoms with E-state index in [1.54, 1.807) is 0 Å². The summed E-state index contributed by atoms with van der Waals surface area (Å²) < 4.78 is 19.2. The smallest absolute Gasteiger partial charge is 0.355 e. The number of halogens is 2. The van der Waals surface area contributed by atoms with Gasteiger partial charge in [0.2, 0.25) is 0 Å². The van der Waals surface area contributed by atoms with Crippen LogP contribution in [-0.2, 0) is 0 Å². The Balaban J connectivity index is 0.000000565. The number of fused-ring (bicyclic) bond motifs is 8. The molecular formula is C20H15BF2N4. The van der Waals surface area contributed by atoms with Gasteiger partial charge in [0, 0.05) is 22.1 Å². The molecule has 2 aliphatic rings. The molecule has 3 aromatic heterocycles. The lowest BCUT2D eigenvalue weighted by molar-refractivity contribution is 0.712. The van der Waals surface area contributed by atoms with E-state index in [1.807, 2.05) is 48.6 Å². The van der Waals surface area contributed by atoms with Crippen molar-refractivity contribution in [3.05, 3.63) is 71.3 Å². The van der Waals surface area contributed by atoms with E-state index in [9.17, 15) is 8.63 Å². The molecule has 2 aliphatic heterocycles. The molecule has 0 aromatic carbocycles. The normalized spacial score (nSPS) is 11.8. The Morgan fingerprint density at radius 2 is 0.815 bits per heavy atom. The fourth-order valence-corrected chi connectivity index (χ4v) is 2.94. The molecule has 0 spiro atoms. The first-order valence-electron chi connectivity index (χ1n) is 8.38. The zero-order valence-electron chi connectivity index (χ0n) is 14.3.